The molecular formula is C22H27N3O4. The molecule has 2 amide bonds. The minimum absolute atomic E-state index is 0.173. The monoisotopic (exact) mass is 397 g/mol. The number of carbonyl (C=O) groups is 3. The van der Waals surface area contributed by atoms with Crippen LogP contribution in [0.4, 0.5) is 10.5 Å². The minimum atomic E-state index is -0.369. The number of amides is 2. The molecule has 7 nitrogen and oxygen atoms in total. The Labute approximate surface area is 170 Å². The Morgan fingerprint density at radius 3 is 2.34 bits per heavy atom. The third kappa shape index (κ3) is 4.85. The second-order valence-electron chi connectivity index (χ2n) is 7.43. The number of benzene rings is 1. The van der Waals surface area contributed by atoms with Gasteiger partial charge in [0.15, 0.2) is 6.61 Å². The fraction of sp³-hybridized carbons (Fsp3) is 0.409. The van der Waals surface area contributed by atoms with Gasteiger partial charge in [-0.1, -0.05) is 18.2 Å². The van der Waals surface area contributed by atoms with E-state index in [2.05, 4.69) is 5.32 Å². The predicted octanol–water partition coefficient (Wildman–Crippen LogP) is 3.31. The number of hydrogen-bond acceptors (Lipinski definition) is 4. The first-order valence-electron chi connectivity index (χ1n) is 9.80. The van der Waals surface area contributed by atoms with Gasteiger partial charge >= 0.3 is 12.0 Å². The average molecular weight is 397 g/mol. The van der Waals surface area contributed by atoms with Crippen LogP contribution in [0.5, 0.6) is 0 Å². The summed E-state index contributed by atoms with van der Waals surface area (Å²) >= 11 is 0. The van der Waals surface area contributed by atoms with Gasteiger partial charge in [0.25, 0.3) is 0 Å². The number of para-hydroxylation sites is 1. The van der Waals surface area contributed by atoms with Crippen LogP contribution >= 0.6 is 0 Å². The highest BCUT2D eigenvalue weighted by molar-refractivity contribution is 5.99. The number of rotatable bonds is 5. The molecule has 0 saturated carbocycles. The first kappa shape index (κ1) is 20.6. The highest BCUT2D eigenvalue weighted by Gasteiger charge is 2.29. The van der Waals surface area contributed by atoms with E-state index in [4.69, 9.17) is 4.74 Å². The molecule has 29 heavy (non-hydrogen) atoms. The van der Waals surface area contributed by atoms with Gasteiger partial charge in [-0.25, -0.2) is 4.79 Å². The summed E-state index contributed by atoms with van der Waals surface area (Å²) < 4.78 is 7.21. The molecule has 1 N–H and O–H groups in total. The van der Waals surface area contributed by atoms with Crippen molar-refractivity contribution in [3.8, 4) is 0 Å². The standard InChI is InChI=1S/C22H27N3O4/c1-15-13-19(16(2)24(15)3)20(26)14-29-21(27)17-9-11-25(12-10-17)22(28)23-18-7-5-4-6-8-18/h4-8,13,17H,9-12,14H2,1-3H3,(H,23,28). The molecule has 1 fully saturated rings. The van der Waals surface area contributed by atoms with Gasteiger partial charge in [0.2, 0.25) is 5.78 Å². The lowest BCUT2D eigenvalue weighted by Gasteiger charge is -2.30. The molecule has 7 heteroatoms. The van der Waals surface area contributed by atoms with Crippen molar-refractivity contribution >= 4 is 23.5 Å². The van der Waals surface area contributed by atoms with Crippen molar-refractivity contribution < 1.29 is 19.1 Å². The molecule has 0 unspecified atom stereocenters. The van der Waals surface area contributed by atoms with E-state index in [1.807, 2.05) is 61.9 Å². The van der Waals surface area contributed by atoms with Gasteiger partial charge in [0, 0.05) is 42.8 Å². The average Bonchev–Trinajstić information content (AvgIpc) is 3.00. The van der Waals surface area contributed by atoms with Crippen molar-refractivity contribution in [1.29, 1.82) is 0 Å². The number of nitrogens with one attached hydrogen (secondary N) is 1. The van der Waals surface area contributed by atoms with E-state index in [1.54, 1.807) is 4.90 Å². The number of aromatic nitrogens is 1. The topological polar surface area (TPSA) is 80.6 Å². The quantitative estimate of drug-likeness (QED) is 0.620. The summed E-state index contributed by atoms with van der Waals surface area (Å²) in [4.78, 5) is 38.8. The van der Waals surface area contributed by atoms with Gasteiger partial charge in [0.05, 0.1) is 5.92 Å². The lowest BCUT2D eigenvalue weighted by atomic mass is 9.97. The zero-order valence-corrected chi connectivity index (χ0v) is 17.1. The number of urea groups is 1. The largest absolute Gasteiger partial charge is 0.457 e. The van der Waals surface area contributed by atoms with Crippen molar-refractivity contribution in [1.82, 2.24) is 9.47 Å². The number of hydrogen-bond donors (Lipinski definition) is 1. The smallest absolute Gasteiger partial charge is 0.321 e. The third-order valence-corrected chi connectivity index (χ3v) is 5.56. The van der Waals surface area contributed by atoms with E-state index >= 15 is 0 Å². The fourth-order valence-electron chi connectivity index (χ4n) is 3.51. The maximum absolute atomic E-state index is 12.4. The first-order valence-corrected chi connectivity index (χ1v) is 9.80. The fourth-order valence-corrected chi connectivity index (χ4v) is 3.51. The lowest BCUT2D eigenvalue weighted by molar-refractivity contribution is -0.148. The van der Waals surface area contributed by atoms with Crippen LogP contribution in [-0.4, -0.2) is 46.9 Å². The maximum atomic E-state index is 12.4. The van der Waals surface area contributed by atoms with Gasteiger partial charge < -0.3 is 19.5 Å². The number of nitrogens with zero attached hydrogens (tertiary/aromatic N) is 2. The van der Waals surface area contributed by atoms with Crippen LogP contribution in [0.1, 0.15) is 34.6 Å². The molecule has 1 aliphatic rings. The number of esters is 1. The van der Waals surface area contributed by atoms with Gasteiger partial charge in [-0.05, 0) is 44.9 Å². The summed E-state index contributed by atoms with van der Waals surface area (Å²) in [7, 11) is 1.90. The van der Waals surface area contributed by atoms with E-state index < -0.39 is 0 Å². The Balaban J connectivity index is 1.45. The first-order chi connectivity index (χ1) is 13.9. The maximum Gasteiger partial charge on any atom is 0.321 e. The summed E-state index contributed by atoms with van der Waals surface area (Å²) in [5.41, 5.74) is 3.17. The molecular weight excluding hydrogens is 370 g/mol. The Bertz CT molecular complexity index is 896. The Morgan fingerprint density at radius 1 is 1.10 bits per heavy atom. The number of anilines is 1. The molecule has 1 aromatic carbocycles. The molecule has 0 aliphatic carbocycles. The Hall–Kier alpha value is -3.09. The van der Waals surface area contributed by atoms with Crippen LogP contribution in [0.3, 0.4) is 0 Å². The van der Waals surface area contributed by atoms with E-state index in [9.17, 15) is 14.4 Å². The number of ether oxygens (including phenoxy) is 1. The van der Waals surface area contributed by atoms with Crippen molar-refractivity contribution in [2.45, 2.75) is 26.7 Å². The van der Waals surface area contributed by atoms with Crippen LogP contribution in [0.2, 0.25) is 0 Å². The van der Waals surface area contributed by atoms with Gasteiger partial charge in [-0.3, -0.25) is 9.59 Å². The van der Waals surface area contributed by atoms with E-state index in [0.29, 0.717) is 31.5 Å². The van der Waals surface area contributed by atoms with Gasteiger partial charge in [-0.15, -0.1) is 0 Å². The zero-order valence-electron chi connectivity index (χ0n) is 17.1. The SMILES string of the molecule is Cc1cc(C(=O)COC(=O)C2CCN(C(=O)Nc3ccccc3)CC2)c(C)n1C. The Kier molecular flexibility index (Phi) is 6.36. The summed E-state index contributed by atoms with van der Waals surface area (Å²) in [6.45, 7) is 4.50. The normalized spacial score (nSPS) is 14.5. The third-order valence-electron chi connectivity index (χ3n) is 5.56. The van der Waals surface area contributed by atoms with Crippen LogP contribution in [0.25, 0.3) is 0 Å². The van der Waals surface area contributed by atoms with Crippen molar-refractivity contribution in [3.63, 3.8) is 0 Å². The lowest BCUT2D eigenvalue weighted by Crippen LogP contribution is -2.42. The summed E-state index contributed by atoms with van der Waals surface area (Å²) in [5, 5.41) is 2.85. The molecule has 0 radical (unpaired) electrons. The highest BCUT2D eigenvalue weighted by Crippen LogP contribution is 2.20. The number of Topliss-reactive ketones (excluding diaryl/α,β-unsaturated/α-hetero) is 1. The van der Waals surface area contributed by atoms with E-state index in [0.717, 1.165) is 17.1 Å². The predicted molar refractivity (Wildman–Crippen MR) is 110 cm³/mol. The number of piperidine rings is 1. The number of ketones is 1. The van der Waals surface area contributed by atoms with Crippen molar-refractivity contribution in [3.05, 3.63) is 53.3 Å². The number of aryl methyl sites for hydroxylation is 1. The number of carbonyl (C=O) groups excluding carboxylic acids is 3. The van der Waals surface area contributed by atoms with Crippen LogP contribution in [-0.2, 0) is 16.6 Å². The Morgan fingerprint density at radius 2 is 1.76 bits per heavy atom. The molecule has 0 spiro atoms. The van der Waals surface area contributed by atoms with Crippen LogP contribution in [0.15, 0.2) is 36.4 Å². The molecule has 3 rings (SSSR count). The van der Waals surface area contributed by atoms with Gasteiger partial charge in [-0.2, -0.15) is 0 Å². The molecule has 1 saturated heterocycles. The summed E-state index contributed by atoms with van der Waals surface area (Å²) in [6, 6.07) is 10.9. The van der Waals surface area contributed by atoms with Crippen molar-refractivity contribution in [2.75, 3.05) is 25.0 Å². The van der Waals surface area contributed by atoms with E-state index in [1.165, 1.54) is 0 Å². The number of likely N-dealkylation sites (tertiary alicyclic amines) is 1. The zero-order chi connectivity index (χ0) is 21.0. The second kappa shape index (κ2) is 8.94. The highest BCUT2D eigenvalue weighted by atomic mass is 16.5. The van der Waals surface area contributed by atoms with Crippen LogP contribution < -0.4 is 5.32 Å². The molecule has 1 aliphatic heterocycles. The van der Waals surface area contributed by atoms with Crippen molar-refractivity contribution in [2.24, 2.45) is 13.0 Å². The molecule has 1 aromatic heterocycles. The van der Waals surface area contributed by atoms with E-state index in [-0.39, 0.29) is 30.3 Å². The van der Waals surface area contributed by atoms with Gasteiger partial charge in [0.1, 0.15) is 0 Å². The molecule has 0 bridgehead atoms. The van der Waals surface area contributed by atoms with Crippen LogP contribution in [0, 0.1) is 19.8 Å². The molecule has 2 heterocycles. The molecule has 154 valence electrons. The second-order valence-corrected chi connectivity index (χ2v) is 7.43. The molecule has 0 atom stereocenters. The summed E-state index contributed by atoms with van der Waals surface area (Å²) in [6.07, 6.45) is 1.05. The molecule has 2 aromatic rings. The summed E-state index contributed by atoms with van der Waals surface area (Å²) in [5.74, 6) is -0.854. The minimum Gasteiger partial charge on any atom is -0.457 e.